The van der Waals surface area contributed by atoms with E-state index >= 15 is 0 Å². The molecule has 0 radical (unpaired) electrons. The van der Waals surface area contributed by atoms with Gasteiger partial charge in [-0.3, -0.25) is 4.90 Å². The lowest BCUT2D eigenvalue weighted by Crippen LogP contribution is -2.57. The fourth-order valence-corrected chi connectivity index (χ4v) is 5.00. The molecule has 0 amide bonds. The van der Waals surface area contributed by atoms with Gasteiger partial charge in [0.25, 0.3) is 0 Å². The number of nitrogens with zero attached hydrogens (tertiary/aromatic N) is 2. The van der Waals surface area contributed by atoms with E-state index in [1.54, 1.807) is 0 Å². The third-order valence-electron chi connectivity index (χ3n) is 5.99. The summed E-state index contributed by atoms with van der Waals surface area (Å²) in [5.74, 6) is 0.667. The number of benzene rings is 2. The second-order valence-electron chi connectivity index (χ2n) is 7.57. The van der Waals surface area contributed by atoms with Crippen LogP contribution < -0.4 is 4.90 Å². The SMILES string of the molecule is O[C@@H]1CCN(c2cccc(I)c2)C[C@H]1N1CCC(c2ccccc2)CC1. The second kappa shape index (κ2) is 8.28. The van der Waals surface area contributed by atoms with Gasteiger partial charge in [0.2, 0.25) is 0 Å². The summed E-state index contributed by atoms with van der Waals surface area (Å²) in [6, 6.07) is 19.8. The summed E-state index contributed by atoms with van der Waals surface area (Å²) >= 11 is 2.38. The molecule has 4 rings (SSSR count). The first-order chi connectivity index (χ1) is 12.7. The minimum atomic E-state index is -0.206. The van der Waals surface area contributed by atoms with E-state index in [2.05, 4.69) is 87.0 Å². The lowest BCUT2D eigenvalue weighted by Gasteiger charge is -2.45. The minimum absolute atomic E-state index is 0.206. The maximum Gasteiger partial charge on any atom is 0.0729 e. The van der Waals surface area contributed by atoms with Crippen LogP contribution in [0.3, 0.4) is 0 Å². The molecular formula is C22H27IN2O. The fraction of sp³-hybridized carbons (Fsp3) is 0.455. The van der Waals surface area contributed by atoms with Crippen LogP contribution in [0.15, 0.2) is 54.6 Å². The molecule has 0 bridgehead atoms. The zero-order valence-electron chi connectivity index (χ0n) is 15.1. The molecule has 4 heteroatoms. The van der Waals surface area contributed by atoms with E-state index in [1.807, 2.05) is 0 Å². The first-order valence-corrected chi connectivity index (χ1v) is 10.8. The number of rotatable bonds is 3. The molecule has 2 saturated heterocycles. The van der Waals surface area contributed by atoms with E-state index in [0.29, 0.717) is 5.92 Å². The van der Waals surface area contributed by atoms with Gasteiger partial charge in [-0.1, -0.05) is 36.4 Å². The number of anilines is 1. The highest BCUT2D eigenvalue weighted by atomic mass is 127. The molecule has 138 valence electrons. The molecule has 2 aliphatic rings. The smallest absolute Gasteiger partial charge is 0.0729 e. The number of halogens is 1. The Balaban J connectivity index is 1.40. The molecule has 3 nitrogen and oxygen atoms in total. The second-order valence-corrected chi connectivity index (χ2v) is 8.82. The van der Waals surface area contributed by atoms with Crippen molar-refractivity contribution in [2.45, 2.75) is 37.3 Å². The van der Waals surface area contributed by atoms with E-state index in [-0.39, 0.29) is 12.1 Å². The molecule has 1 N–H and O–H groups in total. The van der Waals surface area contributed by atoms with E-state index in [9.17, 15) is 5.11 Å². The number of aliphatic hydroxyl groups excluding tert-OH is 1. The summed E-state index contributed by atoms with van der Waals surface area (Å²) in [6.07, 6.45) is 3.03. The van der Waals surface area contributed by atoms with Crippen LogP contribution in [-0.4, -0.2) is 48.3 Å². The monoisotopic (exact) mass is 462 g/mol. The van der Waals surface area contributed by atoms with Crippen LogP contribution in [0.5, 0.6) is 0 Å². The summed E-state index contributed by atoms with van der Waals surface area (Å²) in [6.45, 7) is 4.04. The zero-order valence-corrected chi connectivity index (χ0v) is 17.3. The Hall–Kier alpha value is -1.11. The van der Waals surface area contributed by atoms with Crippen molar-refractivity contribution < 1.29 is 5.11 Å². The molecule has 2 fully saturated rings. The van der Waals surface area contributed by atoms with Gasteiger partial charge in [-0.25, -0.2) is 0 Å². The molecule has 2 aliphatic heterocycles. The Labute approximate surface area is 170 Å². The van der Waals surface area contributed by atoms with E-state index in [1.165, 1.54) is 27.7 Å². The number of hydrogen-bond donors (Lipinski definition) is 1. The Morgan fingerprint density at radius 1 is 0.885 bits per heavy atom. The topological polar surface area (TPSA) is 26.7 Å². The average Bonchev–Trinajstić information content (AvgIpc) is 2.69. The molecular weight excluding hydrogens is 435 g/mol. The standard InChI is InChI=1S/C22H27IN2O/c23-19-7-4-8-20(15-19)25-14-11-22(26)21(16-25)24-12-9-18(10-13-24)17-5-2-1-3-6-17/h1-8,15,18,21-22,26H,9-14,16H2/t21-,22-/m1/s1. The van der Waals surface area contributed by atoms with Crippen LogP contribution in [0.2, 0.25) is 0 Å². The molecule has 0 aliphatic carbocycles. The molecule has 2 atom stereocenters. The Bertz CT molecular complexity index is 715. The number of hydrogen-bond acceptors (Lipinski definition) is 3. The largest absolute Gasteiger partial charge is 0.391 e. The van der Waals surface area contributed by atoms with Crippen molar-refractivity contribution in [2.75, 3.05) is 31.1 Å². The molecule has 0 saturated carbocycles. The zero-order chi connectivity index (χ0) is 17.9. The van der Waals surface area contributed by atoms with Gasteiger partial charge in [0, 0.05) is 22.3 Å². The van der Waals surface area contributed by atoms with Crippen molar-refractivity contribution in [1.82, 2.24) is 4.90 Å². The predicted octanol–water partition coefficient (Wildman–Crippen LogP) is 4.11. The lowest BCUT2D eigenvalue weighted by molar-refractivity contribution is 0.0235. The summed E-state index contributed by atoms with van der Waals surface area (Å²) in [4.78, 5) is 4.98. The highest BCUT2D eigenvalue weighted by Crippen LogP contribution is 2.31. The Morgan fingerprint density at radius 2 is 1.65 bits per heavy atom. The van der Waals surface area contributed by atoms with Crippen LogP contribution in [0.1, 0.15) is 30.7 Å². The lowest BCUT2D eigenvalue weighted by atomic mass is 9.88. The van der Waals surface area contributed by atoms with Gasteiger partial charge in [-0.05, 0) is 84.6 Å². The van der Waals surface area contributed by atoms with E-state index < -0.39 is 0 Å². The van der Waals surface area contributed by atoms with Gasteiger partial charge in [-0.15, -0.1) is 0 Å². The molecule has 2 heterocycles. The van der Waals surface area contributed by atoms with Gasteiger partial charge >= 0.3 is 0 Å². The van der Waals surface area contributed by atoms with Crippen LogP contribution >= 0.6 is 22.6 Å². The van der Waals surface area contributed by atoms with Crippen molar-refractivity contribution in [3.63, 3.8) is 0 Å². The van der Waals surface area contributed by atoms with Crippen LogP contribution in [0.4, 0.5) is 5.69 Å². The van der Waals surface area contributed by atoms with Crippen molar-refractivity contribution in [3.05, 3.63) is 63.7 Å². The average molecular weight is 462 g/mol. The van der Waals surface area contributed by atoms with Gasteiger partial charge in [-0.2, -0.15) is 0 Å². The van der Waals surface area contributed by atoms with Crippen molar-refractivity contribution in [2.24, 2.45) is 0 Å². The third-order valence-corrected chi connectivity index (χ3v) is 6.66. The molecule has 2 aromatic carbocycles. The molecule has 0 aromatic heterocycles. The van der Waals surface area contributed by atoms with Crippen molar-refractivity contribution >= 4 is 28.3 Å². The van der Waals surface area contributed by atoms with Gasteiger partial charge in [0.05, 0.1) is 12.1 Å². The first kappa shape index (κ1) is 18.3. The molecule has 2 aromatic rings. The molecule has 26 heavy (non-hydrogen) atoms. The number of aliphatic hydroxyl groups is 1. The van der Waals surface area contributed by atoms with Crippen molar-refractivity contribution in [1.29, 1.82) is 0 Å². The summed E-state index contributed by atoms with van der Waals surface area (Å²) in [7, 11) is 0. The van der Waals surface area contributed by atoms with Crippen LogP contribution in [-0.2, 0) is 0 Å². The third kappa shape index (κ3) is 4.07. The molecule has 0 spiro atoms. The molecule has 0 unspecified atom stereocenters. The maximum atomic E-state index is 10.7. The van der Waals surface area contributed by atoms with Gasteiger partial charge in [0.1, 0.15) is 0 Å². The van der Waals surface area contributed by atoms with Crippen LogP contribution in [0.25, 0.3) is 0 Å². The Kier molecular flexibility index (Phi) is 5.81. The Morgan fingerprint density at radius 3 is 2.38 bits per heavy atom. The summed E-state index contributed by atoms with van der Waals surface area (Å²) < 4.78 is 1.27. The van der Waals surface area contributed by atoms with Gasteiger partial charge < -0.3 is 10.0 Å². The minimum Gasteiger partial charge on any atom is -0.391 e. The van der Waals surface area contributed by atoms with E-state index in [0.717, 1.165) is 32.6 Å². The summed E-state index contributed by atoms with van der Waals surface area (Å²) in [5.41, 5.74) is 2.75. The van der Waals surface area contributed by atoms with Gasteiger partial charge in [0.15, 0.2) is 0 Å². The predicted molar refractivity (Wildman–Crippen MR) is 116 cm³/mol. The maximum absolute atomic E-state index is 10.7. The number of likely N-dealkylation sites (tertiary alicyclic amines) is 1. The van der Waals surface area contributed by atoms with E-state index in [4.69, 9.17) is 0 Å². The fourth-order valence-electron chi connectivity index (χ4n) is 4.48. The highest BCUT2D eigenvalue weighted by molar-refractivity contribution is 14.1. The normalized spacial score (nSPS) is 25.4. The summed E-state index contributed by atoms with van der Waals surface area (Å²) in [5, 5.41) is 10.7. The highest BCUT2D eigenvalue weighted by Gasteiger charge is 2.34. The first-order valence-electron chi connectivity index (χ1n) is 9.68. The quantitative estimate of drug-likeness (QED) is 0.696. The van der Waals surface area contributed by atoms with Crippen LogP contribution in [0, 0.1) is 3.57 Å². The van der Waals surface area contributed by atoms with Crippen molar-refractivity contribution in [3.8, 4) is 0 Å². The number of piperidine rings is 2.